The molecular weight excluding hydrogens is 562 g/mol. The number of barbiturate groups is 1. The number of nitrogens with one attached hydrogen (secondary N) is 1. The van der Waals surface area contributed by atoms with E-state index in [1.54, 1.807) is 24.3 Å². The Labute approximate surface area is 262 Å². The number of hydrogen-bond donors (Lipinski definition) is 1. The third-order valence-corrected chi connectivity index (χ3v) is 8.94. The summed E-state index contributed by atoms with van der Waals surface area (Å²) in [6.45, 7) is 5.82. The molecule has 3 aliphatic rings. The third kappa shape index (κ3) is 5.20. The van der Waals surface area contributed by atoms with E-state index in [-0.39, 0.29) is 24.0 Å². The summed E-state index contributed by atoms with van der Waals surface area (Å²) in [7, 11) is 0. The second-order valence-electron chi connectivity index (χ2n) is 11.6. The topological polar surface area (TPSA) is 79.0 Å². The Morgan fingerprint density at radius 2 is 1.38 bits per heavy atom. The molecule has 224 valence electrons. The number of para-hydroxylation sites is 1. The van der Waals surface area contributed by atoms with Crippen LogP contribution in [0.2, 0.25) is 0 Å². The van der Waals surface area contributed by atoms with Gasteiger partial charge in [-0.2, -0.15) is 0 Å². The molecule has 3 aliphatic heterocycles. The predicted molar refractivity (Wildman–Crippen MR) is 176 cm³/mol. The Morgan fingerprint density at radius 3 is 1.98 bits per heavy atom. The van der Waals surface area contributed by atoms with Crippen LogP contribution in [0.4, 0.5) is 16.2 Å². The van der Waals surface area contributed by atoms with Gasteiger partial charge >= 0.3 is 6.03 Å². The first kappa shape index (κ1) is 28.3. The van der Waals surface area contributed by atoms with E-state index >= 15 is 0 Å². The van der Waals surface area contributed by atoms with Crippen molar-refractivity contribution in [3.8, 4) is 5.75 Å². The minimum Gasteiger partial charge on any atom is -0.489 e. The molecule has 4 aromatic carbocycles. The van der Waals surface area contributed by atoms with E-state index in [1.807, 2.05) is 54.6 Å². The summed E-state index contributed by atoms with van der Waals surface area (Å²) in [6, 6.07) is 31.1. The van der Waals surface area contributed by atoms with Crippen molar-refractivity contribution >= 4 is 35.3 Å². The summed E-state index contributed by atoms with van der Waals surface area (Å²) < 4.78 is 5.76. The van der Waals surface area contributed by atoms with Crippen molar-refractivity contribution in [1.29, 1.82) is 0 Å². The van der Waals surface area contributed by atoms with Crippen LogP contribution in [0.25, 0.3) is 6.08 Å². The second kappa shape index (κ2) is 11.9. The monoisotopic (exact) mass is 595 g/mol. The van der Waals surface area contributed by atoms with E-state index in [4.69, 9.17) is 4.74 Å². The van der Waals surface area contributed by atoms with Crippen LogP contribution in [0.5, 0.6) is 5.75 Å². The molecule has 0 unspecified atom stereocenters. The van der Waals surface area contributed by atoms with E-state index < -0.39 is 17.8 Å². The van der Waals surface area contributed by atoms with Crippen LogP contribution in [-0.2, 0) is 9.59 Å². The fraction of sp³-hybridized carbons (Fsp3) is 0.184. The molecule has 7 nitrogen and oxygen atoms in total. The molecule has 2 atom stereocenters. The highest BCUT2D eigenvalue weighted by Crippen LogP contribution is 2.50. The quantitative estimate of drug-likeness (QED) is 0.145. The van der Waals surface area contributed by atoms with Crippen molar-refractivity contribution in [2.24, 2.45) is 0 Å². The molecule has 0 bridgehead atoms. The molecule has 1 saturated heterocycles. The van der Waals surface area contributed by atoms with E-state index in [0.717, 1.165) is 42.0 Å². The van der Waals surface area contributed by atoms with Crippen LogP contribution in [0.1, 0.15) is 52.5 Å². The van der Waals surface area contributed by atoms with Crippen LogP contribution in [0, 0.1) is 0 Å². The number of rotatable bonds is 7. The molecule has 4 amide bonds. The first-order valence-corrected chi connectivity index (χ1v) is 15.3. The number of ether oxygens (including phenoxy) is 1. The van der Waals surface area contributed by atoms with Gasteiger partial charge in [-0.05, 0) is 59.4 Å². The van der Waals surface area contributed by atoms with Crippen LogP contribution < -0.4 is 19.9 Å². The summed E-state index contributed by atoms with van der Waals surface area (Å²) in [5.41, 5.74) is 6.61. The molecule has 45 heavy (non-hydrogen) atoms. The normalized spacial score (nSPS) is 20.1. The zero-order valence-corrected chi connectivity index (χ0v) is 24.8. The van der Waals surface area contributed by atoms with Gasteiger partial charge in [0, 0.05) is 36.2 Å². The average Bonchev–Trinajstić information content (AvgIpc) is 3.07. The van der Waals surface area contributed by atoms with Gasteiger partial charge < -0.3 is 9.64 Å². The van der Waals surface area contributed by atoms with Gasteiger partial charge in [-0.25, -0.2) is 9.69 Å². The first-order chi connectivity index (χ1) is 22.0. The number of anilines is 2. The average molecular weight is 596 g/mol. The molecule has 4 aromatic rings. The molecule has 0 aromatic heterocycles. The summed E-state index contributed by atoms with van der Waals surface area (Å²) in [6.07, 6.45) is 4.94. The van der Waals surface area contributed by atoms with Gasteiger partial charge in [0.25, 0.3) is 11.8 Å². The molecule has 0 aliphatic carbocycles. The lowest BCUT2D eigenvalue weighted by Gasteiger charge is -2.44. The number of carbonyl (C=O) groups excluding carboxylic acids is 3. The second-order valence-corrected chi connectivity index (χ2v) is 11.6. The summed E-state index contributed by atoms with van der Waals surface area (Å²) in [4.78, 5) is 44.2. The Bertz CT molecular complexity index is 1760. The number of nitrogens with zero attached hydrogens (tertiary/aromatic N) is 2. The lowest BCUT2D eigenvalue weighted by molar-refractivity contribution is -0.122. The van der Waals surface area contributed by atoms with Gasteiger partial charge in [0.15, 0.2) is 0 Å². The lowest BCUT2D eigenvalue weighted by Crippen LogP contribution is -2.54. The largest absolute Gasteiger partial charge is 0.489 e. The Kier molecular flexibility index (Phi) is 7.51. The number of imide groups is 2. The number of urea groups is 1. The fourth-order valence-corrected chi connectivity index (χ4v) is 6.90. The smallest absolute Gasteiger partial charge is 0.335 e. The van der Waals surface area contributed by atoms with E-state index in [1.165, 1.54) is 22.9 Å². The van der Waals surface area contributed by atoms with E-state index in [9.17, 15) is 14.4 Å². The van der Waals surface area contributed by atoms with Gasteiger partial charge in [-0.3, -0.25) is 14.9 Å². The van der Waals surface area contributed by atoms with Gasteiger partial charge in [0.2, 0.25) is 0 Å². The minimum atomic E-state index is -0.763. The molecule has 7 rings (SSSR count). The van der Waals surface area contributed by atoms with Gasteiger partial charge in [-0.15, -0.1) is 0 Å². The Balaban J connectivity index is 1.37. The maximum absolute atomic E-state index is 14.1. The molecule has 0 radical (unpaired) electrons. The zero-order chi connectivity index (χ0) is 30.9. The van der Waals surface area contributed by atoms with Crippen LogP contribution in [-0.4, -0.2) is 37.5 Å². The van der Waals surface area contributed by atoms with Gasteiger partial charge in [-0.1, -0.05) is 91.5 Å². The van der Waals surface area contributed by atoms with Crippen molar-refractivity contribution < 1.29 is 19.1 Å². The summed E-state index contributed by atoms with van der Waals surface area (Å²) in [5, 5.41) is 2.41. The lowest BCUT2D eigenvalue weighted by atomic mass is 9.76. The molecule has 7 heteroatoms. The minimum absolute atomic E-state index is 0.0964. The summed E-state index contributed by atoms with van der Waals surface area (Å²) >= 11 is 0. The van der Waals surface area contributed by atoms with Crippen molar-refractivity contribution in [3.05, 3.63) is 143 Å². The standard InChI is InChI=1S/C38H33N3O4/c1-2-21-45-34-16-10-9-15-27(34)22-33-36(42)39-38(44)41(37(33)43)28-23-31-29(25-11-5-3-6-12-25)17-19-40-20-18-30(32(24-28)35(31)40)26-13-7-4-8-14-26/h2-16,22-24,29-30H,1,17-21H2,(H,39,42,44)/b33-22+/t29-,30+. The maximum atomic E-state index is 14.1. The van der Waals surface area contributed by atoms with Crippen LogP contribution in [0.15, 0.2) is 115 Å². The van der Waals surface area contributed by atoms with Crippen molar-refractivity contribution in [1.82, 2.24) is 5.32 Å². The molecule has 0 saturated carbocycles. The van der Waals surface area contributed by atoms with E-state index in [2.05, 4.69) is 41.1 Å². The molecule has 1 fully saturated rings. The predicted octanol–water partition coefficient (Wildman–Crippen LogP) is 6.80. The molecule has 0 spiro atoms. The van der Waals surface area contributed by atoms with Gasteiger partial charge in [0.1, 0.15) is 17.9 Å². The van der Waals surface area contributed by atoms with Crippen molar-refractivity contribution in [2.75, 3.05) is 29.5 Å². The SMILES string of the molecule is C=CCOc1ccccc1/C=C1\C(=O)NC(=O)N(c2cc3c4c(c2)[C@H](c2ccccc2)CCN4CC[C@@H]3c2ccccc2)C1=O. The van der Waals surface area contributed by atoms with Crippen molar-refractivity contribution in [3.63, 3.8) is 0 Å². The first-order valence-electron chi connectivity index (χ1n) is 15.3. The number of hydrogen-bond acceptors (Lipinski definition) is 5. The molecule has 3 heterocycles. The van der Waals surface area contributed by atoms with Crippen LogP contribution in [0.3, 0.4) is 0 Å². The number of benzene rings is 4. The van der Waals surface area contributed by atoms with Crippen LogP contribution >= 0.6 is 0 Å². The highest BCUT2D eigenvalue weighted by molar-refractivity contribution is 6.39. The Morgan fingerprint density at radius 1 is 0.800 bits per heavy atom. The number of carbonyl (C=O) groups is 3. The fourth-order valence-electron chi connectivity index (χ4n) is 6.90. The third-order valence-electron chi connectivity index (χ3n) is 8.94. The maximum Gasteiger partial charge on any atom is 0.335 e. The highest BCUT2D eigenvalue weighted by Gasteiger charge is 2.40. The van der Waals surface area contributed by atoms with E-state index in [0.29, 0.717) is 17.0 Å². The van der Waals surface area contributed by atoms with Gasteiger partial charge in [0.05, 0.1) is 5.69 Å². The number of amides is 4. The highest BCUT2D eigenvalue weighted by atomic mass is 16.5. The summed E-state index contributed by atoms with van der Waals surface area (Å²) in [5.74, 6) is -0.720. The molecular formula is C38H33N3O4. The Hall–Kier alpha value is -5.43. The zero-order valence-electron chi connectivity index (χ0n) is 24.8. The molecule has 1 N–H and O–H groups in total. The van der Waals surface area contributed by atoms with Crippen molar-refractivity contribution in [2.45, 2.75) is 24.7 Å².